The number of rotatable bonds is 5. The number of hydrogen-bond donors (Lipinski definition) is 0. The number of aliphatic carboxylic acids is 1. The number of esters is 1. The van der Waals surface area contributed by atoms with E-state index in [9.17, 15) is 14.7 Å². The highest BCUT2D eigenvalue weighted by Gasteiger charge is 2.28. The zero-order chi connectivity index (χ0) is 15.2. The minimum absolute atomic E-state index is 0.147. The van der Waals surface area contributed by atoms with Crippen molar-refractivity contribution in [3.8, 4) is 0 Å². The molecule has 4 heteroatoms. The molecule has 1 aliphatic carbocycles. The Bertz CT molecular complexity index is 491. The van der Waals surface area contributed by atoms with Crippen LogP contribution in [-0.4, -0.2) is 18.5 Å². The van der Waals surface area contributed by atoms with Crippen LogP contribution in [0.3, 0.4) is 0 Å². The lowest BCUT2D eigenvalue weighted by Gasteiger charge is -2.33. The average Bonchev–Trinajstić information content (AvgIpc) is 2.34. The van der Waals surface area contributed by atoms with Crippen molar-refractivity contribution in [1.82, 2.24) is 0 Å². The predicted octanol–water partition coefficient (Wildman–Crippen LogP) is 1.54. The largest absolute Gasteiger partial charge is 0.545 e. The summed E-state index contributed by atoms with van der Waals surface area (Å²) in [5.74, 6) is -1.87. The molecule has 0 aromatic carbocycles. The van der Waals surface area contributed by atoms with E-state index in [1.165, 1.54) is 0 Å². The van der Waals surface area contributed by atoms with Gasteiger partial charge in [0.15, 0.2) is 0 Å². The van der Waals surface area contributed by atoms with Crippen LogP contribution in [0.25, 0.3) is 0 Å². The number of hydrogen-bond acceptors (Lipinski definition) is 4. The van der Waals surface area contributed by atoms with Gasteiger partial charge < -0.3 is 14.6 Å². The smallest absolute Gasteiger partial charge is 0.338 e. The van der Waals surface area contributed by atoms with Crippen LogP contribution in [0.2, 0.25) is 0 Å². The Balaban J connectivity index is 2.57. The van der Waals surface area contributed by atoms with E-state index in [-0.39, 0.29) is 17.9 Å². The standard InChI is InChI=1S/C16H20O4/c1-4-12-8-13(10-16(2,3)9-12)11-20-15(19)7-5-6-14(17)18/h4,6-8,13H,1,9-11H2,2-3H3,(H,17,18)/p-1. The fourth-order valence-corrected chi connectivity index (χ4v) is 2.41. The second kappa shape index (κ2) is 6.92. The van der Waals surface area contributed by atoms with Gasteiger partial charge in [0.2, 0.25) is 0 Å². The first-order valence-electron chi connectivity index (χ1n) is 6.46. The topological polar surface area (TPSA) is 66.4 Å². The zero-order valence-electron chi connectivity index (χ0n) is 11.8. The lowest BCUT2D eigenvalue weighted by Crippen LogP contribution is -2.25. The van der Waals surface area contributed by atoms with Gasteiger partial charge in [-0.25, -0.2) is 4.79 Å². The van der Waals surface area contributed by atoms with Crippen LogP contribution in [0.4, 0.5) is 0 Å². The molecule has 0 aromatic rings. The SMILES string of the molecule is C=CC1=CC(COC(=O)C=C=CC(=O)[O-])CC(C)(C)C1. The third-order valence-electron chi connectivity index (χ3n) is 3.05. The highest BCUT2D eigenvalue weighted by atomic mass is 16.5. The maximum absolute atomic E-state index is 11.4. The highest BCUT2D eigenvalue weighted by Crippen LogP contribution is 2.38. The Kier molecular flexibility index (Phi) is 5.53. The molecule has 0 amide bonds. The molecule has 1 unspecified atom stereocenters. The summed E-state index contributed by atoms with van der Waals surface area (Å²) in [6, 6.07) is 0. The van der Waals surface area contributed by atoms with Gasteiger partial charge in [-0.1, -0.05) is 38.2 Å². The Morgan fingerprint density at radius 1 is 1.55 bits per heavy atom. The fourth-order valence-electron chi connectivity index (χ4n) is 2.41. The summed E-state index contributed by atoms with van der Waals surface area (Å²) >= 11 is 0. The van der Waals surface area contributed by atoms with Gasteiger partial charge >= 0.3 is 5.97 Å². The van der Waals surface area contributed by atoms with Crippen LogP contribution in [0, 0.1) is 11.3 Å². The van der Waals surface area contributed by atoms with Gasteiger partial charge in [0.1, 0.15) is 0 Å². The molecule has 1 rings (SSSR count). The molecule has 0 heterocycles. The zero-order valence-corrected chi connectivity index (χ0v) is 11.8. The van der Waals surface area contributed by atoms with Gasteiger partial charge in [-0.15, -0.1) is 5.73 Å². The summed E-state index contributed by atoms with van der Waals surface area (Å²) in [5.41, 5.74) is 3.50. The molecule has 108 valence electrons. The predicted molar refractivity (Wildman–Crippen MR) is 73.4 cm³/mol. The first-order chi connectivity index (χ1) is 9.32. The molecule has 0 aliphatic heterocycles. The minimum Gasteiger partial charge on any atom is -0.545 e. The first-order valence-corrected chi connectivity index (χ1v) is 6.46. The van der Waals surface area contributed by atoms with Crippen molar-refractivity contribution >= 4 is 11.9 Å². The molecule has 0 bridgehead atoms. The molecule has 1 aliphatic rings. The third kappa shape index (κ3) is 5.72. The van der Waals surface area contributed by atoms with Gasteiger partial charge in [-0.2, -0.15) is 0 Å². The minimum atomic E-state index is -1.40. The van der Waals surface area contributed by atoms with Crippen LogP contribution in [0.5, 0.6) is 0 Å². The number of carboxylic acids is 1. The summed E-state index contributed by atoms with van der Waals surface area (Å²) < 4.78 is 5.08. The second-order valence-corrected chi connectivity index (χ2v) is 5.66. The Morgan fingerprint density at radius 2 is 2.25 bits per heavy atom. The molecular weight excluding hydrogens is 256 g/mol. The quantitative estimate of drug-likeness (QED) is 0.433. The third-order valence-corrected chi connectivity index (χ3v) is 3.05. The lowest BCUT2D eigenvalue weighted by atomic mass is 9.73. The van der Waals surface area contributed by atoms with Crippen molar-refractivity contribution in [3.63, 3.8) is 0 Å². The number of carboxylic acid groups (broad SMARTS) is 1. The van der Waals surface area contributed by atoms with Crippen molar-refractivity contribution in [2.24, 2.45) is 11.3 Å². The Morgan fingerprint density at radius 3 is 2.85 bits per heavy atom. The molecule has 0 spiro atoms. The van der Waals surface area contributed by atoms with E-state index in [0.717, 1.165) is 24.5 Å². The number of carbonyl (C=O) groups is 2. The Hall–Kier alpha value is -2.06. The summed E-state index contributed by atoms with van der Waals surface area (Å²) in [6.45, 7) is 8.38. The summed E-state index contributed by atoms with van der Waals surface area (Å²) in [7, 11) is 0. The van der Waals surface area contributed by atoms with E-state index in [4.69, 9.17) is 4.74 Å². The van der Waals surface area contributed by atoms with E-state index >= 15 is 0 Å². The summed E-state index contributed by atoms with van der Waals surface area (Å²) in [4.78, 5) is 21.5. The van der Waals surface area contributed by atoms with E-state index < -0.39 is 11.9 Å². The average molecular weight is 275 g/mol. The van der Waals surface area contributed by atoms with E-state index in [2.05, 4.69) is 32.2 Å². The van der Waals surface area contributed by atoms with Crippen molar-refractivity contribution in [2.75, 3.05) is 6.61 Å². The van der Waals surface area contributed by atoms with E-state index in [1.807, 2.05) is 6.08 Å². The van der Waals surface area contributed by atoms with Crippen LogP contribution in [-0.2, 0) is 14.3 Å². The first kappa shape index (κ1) is 16.0. The van der Waals surface area contributed by atoms with Crippen LogP contribution in [0.15, 0.2) is 42.2 Å². The van der Waals surface area contributed by atoms with Gasteiger partial charge in [0.25, 0.3) is 0 Å². The number of ether oxygens (including phenoxy) is 1. The summed E-state index contributed by atoms with van der Waals surface area (Å²) in [5, 5.41) is 10.1. The normalized spacial score (nSPS) is 20.1. The van der Waals surface area contributed by atoms with Crippen LogP contribution >= 0.6 is 0 Å². The molecule has 0 radical (unpaired) electrons. The molecule has 1 atom stereocenters. The fraction of sp³-hybridized carbons (Fsp3) is 0.438. The molecule has 20 heavy (non-hydrogen) atoms. The Labute approximate surface area is 119 Å². The van der Waals surface area contributed by atoms with Crippen LogP contribution in [0.1, 0.15) is 26.7 Å². The molecular formula is C16H19O4-. The molecule has 4 nitrogen and oxygen atoms in total. The lowest BCUT2D eigenvalue weighted by molar-refractivity contribution is -0.297. The molecule has 0 saturated carbocycles. The molecule has 0 fully saturated rings. The number of carbonyl (C=O) groups excluding carboxylic acids is 2. The molecule has 0 saturated heterocycles. The monoisotopic (exact) mass is 275 g/mol. The maximum Gasteiger partial charge on any atom is 0.338 e. The van der Waals surface area contributed by atoms with Crippen molar-refractivity contribution < 1.29 is 19.4 Å². The van der Waals surface area contributed by atoms with Gasteiger partial charge in [-0.3, -0.25) is 0 Å². The molecule has 0 N–H and O–H groups in total. The van der Waals surface area contributed by atoms with Crippen LogP contribution < -0.4 is 5.11 Å². The van der Waals surface area contributed by atoms with Crippen molar-refractivity contribution in [2.45, 2.75) is 26.7 Å². The van der Waals surface area contributed by atoms with Crippen molar-refractivity contribution in [3.05, 3.63) is 42.2 Å². The van der Waals surface area contributed by atoms with E-state index in [1.54, 1.807) is 0 Å². The summed E-state index contributed by atoms with van der Waals surface area (Å²) in [6.07, 6.45) is 7.40. The maximum atomic E-state index is 11.4. The highest BCUT2D eigenvalue weighted by molar-refractivity contribution is 5.83. The van der Waals surface area contributed by atoms with Gasteiger partial charge in [0.05, 0.1) is 18.7 Å². The second-order valence-electron chi connectivity index (χ2n) is 5.66. The molecule has 0 aromatic heterocycles. The van der Waals surface area contributed by atoms with Gasteiger partial charge in [0, 0.05) is 12.0 Å². The van der Waals surface area contributed by atoms with Gasteiger partial charge in [-0.05, 0) is 18.3 Å². The van der Waals surface area contributed by atoms with E-state index in [0.29, 0.717) is 6.08 Å². The number of allylic oxidation sites excluding steroid dienone is 2. The van der Waals surface area contributed by atoms with Crippen molar-refractivity contribution in [1.29, 1.82) is 0 Å².